The molecule has 1 unspecified atom stereocenters. The van der Waals surface area contributed by atoms with Crippen LogP contribution in [-0.4, -0.2) is 58.0 Å². The van der Waals surface area contributed by atoms with Gasteiger partial charge in [-0.3, -0.25) is 0 Å². The first-order valence-electron chi connectivity index (χ1n) is 10.0. The van der Waals surface area contributed by atoms with Crippen molar-refractivity contribution >= 4 is 38.2 Å². The van der Waals surface area contributed by atoms with Gasteiger partial charge in [0.2, 0.25) is 0 Å². The normalized spacial score (nSPS) is 16.2. The standard InChI is InChI=1S/C17H46O3Si5/c1-14-18-25(19-15-2,20-16-3)17(4)22(8,9)24(12,13)23(10,11)21(5,6)7/h17H,14-16H2,1-13H3. The third-order valence-electron chi connectivity index (χ3n) is 7.70. The fourth-order valence-corrected chi connectivity index (χ4v) is 86.9. The summed E-state index contributed by atoms with van der Waals surface area (Å²) in [6, 6.07) is 0. The number of hydrogen-bond donors (Lipinski definition) is 0. The second-order valence-corrected chi connectivity index (χ2v) is 55.0. The van der Waals surface area contributed by atoms with Gasteiger partial charge in [-0.05, 0) is 20.8 Å². The molecule has 152 valence electrons. The summed E-state index contributed by atoms with van der Waals surface area (Å²) in [5.74, 6) is 0. The number of rotatable bonds is 11. The van der Waals surface area contributed by atoms with E-state index in [2.05, 4.69) is 86.6 Å². The average molecular weight is 439 g/mol. The minimum Gasteiger partial charge on any atom is -0.374 e. The molecule has 0 heterocycles. The topological polar surface area (TPSA) is 27.7 Å². The molecule has 3 nitrogen and oxygen atoms in total. The van der Waals surface area contributed by atoms with Crippen LogP contribution in [0, 0.1) is 0 Å². The zero-order valence-corrected chi connectivity index (χ0v) is 24.4. The molecule has 0 saturated carbocycles. The fourth-order valence-electron chi connectivity index (χ4n) is 3.83. The molecule has 0 saturated heterocycles. The molecule has 0 aliphatic heterocycles. The number of hydrogen-bond acceptors (Lipinski definition) is 3. The van der Waals surface area contributed by atoms with Crippen LogP contribution in [0.3, 0.4) is 0 Å². The smallest absolute Gasteiger partial charge is 0.374 e. The van der Waals surface area contributed by atoms with Crippen molar-refractivity contribution in [2.24, 2.45) is 0 Å². The Morgan fingerprint density at radius 2 is 0.920 bits per heavy atom. The quantitative estimate of drug-likeness (QED) is 0.389. The lowest BCUT2D eigenvalue weighted by Crippen LogP contribution is -2.81. The van der Waals surface area contributed by atoms with E-state index in [0.717, 1.165) is 0 Å². The first kappa shape index (κ1) is 26.0. The molecular formula is C17H46O3Si5. The van der Waals surface area contributed by atoms with Gasteiger partial charge in [0.15, 0.2) is 0 Å². The van der Waals surface area contributed by atoms with Gasteiger partial charge < -0.3 is 13.3 Å². The van der Waals surface area contributed by atoms with Crippen molar-refractivity contribution < 1.29 is 13.3 Å². The van der Waals surface area contributed by atoms with Crippen LogP contribution in [0.5, 0.6) is 0 Å². The molecule has 0 amide bonds. The molecule has 0 bridgehead atoms. The third kappa shape index (κ3) is 4.88. The van der Waals surface area contributed by atoms with E-state index >= 15 is 0 Å². The van der Waals surface area contributed by atoms with Crippen molar-refractivity contribution in [3.8, 4) is 0 Å². The Bertz CT molecular complexity index is 402. The predicted molar refractivity (Wildman–Crippen MR) is 126 cm³/mol. The monoisotopic (exact) mass is 438 g/mol. The third-order valence-corrected chi connectivity index (χ3v) is 84.8. The van der Waals surface area contributed by atoms with Crippen LogP contribution in [-0.2, 0) is 13.3 Å². The maximum atomic E-state index is 6.33. The summed E-state index contributed by atoms with van der Waals surface area (Å²) in [5, 5.41) is 0.449. The zero-order chi connectivity index (χ0) is 20.3. The first-order chi connectivity index (χ1) is 11.1. The highest BCUT2D eigenvalue weighted by atomic mass is 29.8. The lowest BCUT2D eigenvalue weighted by molar-refractivity contribution is 0.0687. The van der Waals surface area contributed by atoms with Gasteiger partial charge in [-0.25, -0.2) is 0 Å². The van der Waals surface area contributed by atoms with Crippen molar-refractivity contribution in [1.29, 1.82) is 0 Å². The highest BCUT2D eigenvalue weighted by Gasteiger charge is 2.64. The molecular weight excluding hydrogens is 393 g/mol. The molecule has 0 rings (SSSR count). The van der Waals surface area contributed by atoms with Crippen LogP contribution in [0.15, 0.2) is 0 Å². The maximum Gasteiger partial charge on any atom is 0.500 e. The molecule has 0 fully saturated rings. The maximum absolute atomic E-state index is 6.33. The van der Waals surface area contributed by atoms with Gasteiger partial charge in [-0.15, -0.1) is 0 Å². The average Bonchev–Trinajstić information content (AvgIpc) is 2.45. The van der Waals surface area contributed by atoms with Crippen LogP contribution in [0.25, 0.3) is 0 Å². The van der Waals surface area contributed by atoms with Crippen molar-refractivity contribution in [3.05, 3.63) is 0 Å². The molecule has 0 aromatic carbocycles. The van der Waals surface area contributed by atoms with Crippen LogP contribution in [0.1, 0.15) is 27.7 Å². The molecule has 8 heteroatoms. The Balaban J connectivity index is 6.16. The van der Waals surface area contributed by atoms with Gasteiger partial charge in [0.1, 0.15) is 0 Å². The molecule has 0 N–H and O–H groups in total. The second kappa shape index (κ2) is 8.98. The summed E-state index contributed by atoms with van der Waals surface area (Å²) in [7, 11) is -8.12. The van der Waals surface area contributed by atoms with E-state index in [4.69, 9.17) is 13.3 Å². The second-order valence-electron chi connectivity index (χ2n) is 9.85. The summed E-state index contributed by atoms with van der Waals surface area (Å²) in [6.07, 6.45) is 0. The van der Waals surface area contributed by atoms with E-state index in [-0.39, 0.29) is 0 Å². The largest absolute Gasteiger partial charge is 0.500 e. The minimum atomic E-state index is -2.65. The van der Waals surface area contributed by atoms with Gasteiger partial charge in [-0.2, -0.15) is 0 Å². The lowest BCUT2D eigenvalue weighted by Gasteiger charge is -2.57. The van der Waals surface area contributed by atoms with Crippen LogP contribution in [0.2, 0.25) is 64.1 Å². The molecule has 0 aliphatic carbocycles. The highest BCUT2D eigenvalue weighted by molar-refractivity contribution is 7.83. The van der Waals surface area contributed by atoms with Gasteiger partial charge in [0.25, 0.3) is 0 Å². The zero-order valence-electron chi connectivity index (χ0n) is 19.4. The molecule has 0 aromatic rings. The molecule has 0 radical (unpaired) electrons. The van der Waals surface area contributed by atoms with Gasteiger partial charge >= 0.3 is 8.80 Å². The SMILES string of the molecule is CCO[Si](OCC)(OCC)C(C)[Si](C)(C)[Si](C)(C)[Si](C)(C)[Si](C)(C)C. The summed E-state index contributed by atoms with van der Waals surface area (Å²) >= 11 is 0. The molecule has 0 aliphatic rings. The summed E-state index contributed by atoms with van der Waals surface area (Å²) in [6.45, 7) is 34.5. The van der Waals surface area contributed by atoms with Crippen molar-refractivity contribution in [2.45, 2.75) is 91.8 Å². The van der Waals surface area contributed by atoms with E-state index in [1.807, 2.05) is 0 Å². The highest BCUT2D eigenvalue weighted by Crippen LogP contribution is 2.44. The van der Waals surface area contributed by atoms with E-state index in [1.165, 1.54) is 0 Å². The van der Waals surface area contributed by atoms with Gasteiger partial charge in [0, 0.05) is 54.4 Å². The van der Waals surface area contributed by atoms with Gasteiger partial charge in [-0.1, -0.05) is 65.8 Å². The van der Waals surface area contributed by atoms with E-state index in [0.29, 0.717) is 25.0 Å². The van der Waals surface area contributed by atoms with E-state index in [1.54, 1.807) is 0 Å². The molecule has 25 heavy (non-hydrogen) atoms. The Morgan fingerprint density at radius 3 is 1.16 bits per heavy atom. The summed E-state index contributed by atoms with van der Waals surface area (Å²) < 4.78 is 19.0. The van der Waals surface area contributed by atoms with E-state index in [9.17, 15) is 0 Å². The predicted octanol–water partition coefficient (Wildman–Crippen LogP) is 5.66. The van der Waals surface area contributed by atoms with Crippen LogP contribution in [0.4, 0.5) is 0 Å². The van der Waals surface area contributed by atoms with Crippen LogP contribution >= 0.6 is 0 Å². The van der Waals surface area contributed by atoms with Crippen LogP contribution < -0.4 is 0 Å². The lowest BCUT2D eigenvalue weighted by atomic mass is 10.9. The fraction of sp³-hybridized carbons (Fsp3) is 1.00. The summed E-state index contributed by atoms with van der Waals surface area (Å²) in [4.78, 5) is 0. The Labute approximate surface area is 163 Å². The Morgan fingerprint density at radius 1 is 0.600 bits per heavy atom. The Kier molecular flexibility index (Phi) is 9.32. The van der Waals surface area contributed by atoms with Gasteiger partial charge in [0.05, 0.1) is 0 Å². The summed E-state index contributed by atoms with van der Waals surface area (Å²) in [5.41, 5.74) is 0. The molecule has 0 aromatic heterocycles. The van der Waals surface area contributed by atoms with Crippen molar-refractivity contribution in [1.82, 2.24) is 0 Å². The van der Waals surface area contributed by atoms with Crippen molar-refractivity contribution in [2.75, 3.05) is 19.8 Å². The first-order valence-corrected chi connectivity index (χ1v) is 27.4. The minimum absolute atomic E-state index is 0.449. The van der Waals surface area contributed by atoms with E-state index < -0.39 is 38.2 Å². The van der Waals surface area contributed by atoms with Crippen molar-refractivity contribution in [3.63, 3.8) is 0 Å². The molecule has 1 atom stereocenters. The Hall–Kier alpha value is 0.964. The molecule has 0 spiro atoms.